The number of aliphatic imine (C=N–C) groups is 1. The van der Waals surface area contributed by atoms with E-state index < -0.39 is 113 Å². The molecule has 8 amide bonds. The lowest BCUT2D eigenvalue weighted by Gasteiger charge is -2.37. The standard InChI is InChI=1S/C52H76N12O11S/c1-31(2)43-49(73)61-38(27-41(53)66)46(70)62-39(50(74)64-23-10-14-40(64)48(72)59-35(44(54)68)13-9-21-58-51(55)56)29-76-30-52(19-7-4-8-20-52)28-42(67)75-24-22-57-36(25-33-15-17-34(65)18-16-33)45(69)60-37(47(71)63-43)26-32-11-5-3-6-12-32/h3,5-6,11-12,15-18,31,35-40,43,57,65H,4,7-10,13-14,19-30H2,1-2H3,(H2,53,66)(H2,54,68)(H,59,72)(H,60,69)(H,61,73)(H,62,70)(H,63,71)(H4,55,56,58)/t35-,36+,37-,38-,39-,40-,43-/m0/s1. The molecule has 0 radical (unpaired) electrons. The first-order valence-electron chi connectivity index (χ1n) is 26.0. The molecule has 3 fully saturated rings. The van der Waals surface area contributed by atoms with Crippen LogP contribution in [-0.2, 0) is 60.7 Å². The fourth-order valence-corrected chi connectivity index (χ4v) is 11.2. The Balaban J connectivity index is 1.48. The van der Waals surface area contributed by atoms with E-state index in [-0.39, 0.29) is 75.8 Å². The quantitative estimate of drug-likeness (QED) is 0.0453. The van der Waals surface area contributed by atoms with Crippen LogP contribution in [0.25, 0.3) is 0 Å². The van der Waals surface area contributed by atoms with Crippen molar-refractivity contribution >= 4 is 70.9 Å². The number of hydrogen-bond acceptors (Lipinski definition) is 14. The number of amides is 8. The zero-order valence-corrected chi connectivity index (χ0v) is 44.2. The van der Waals surface area contributed by atoms with Gasteiger partial charge in [0.15, 0.2) is 5.96 Å². The number of nitrogens with two attached hydrogens (primary N) is 4. The van der Waals surface area contributed by atoms with E-state index in [4.69, 9.17) is 27.7 Å². The molecule has 15 N–H and O–H groups in total. The number of esters is 1. The zero-order chi connectivity index (χ0) is 55.4. The molecular formula is C52H76N12O11S. The van der Waals surface area contributed by atoms with E-state index >= 15 is 0 Å². The number of thioether (sulfide) groups is 1. The van der Waals surface area contributed by atoms with Gasteiger partial charge in [0.1, 0.15) is 48.6 Å². The Morgan fingerprint density at radius 3 is 2.12 bits per heavy atom. The minimum Gasteiger partial charge on any atom is -0.508 e. The third kappa shape index (κ3) is 18.7. The van der Waals surface area contributed by atoms with Crippen LogP contribution >= 0.6 is 11.8 Å². The van der Waals surface area contributed by atoms with E-state index in [9.17, 15) is 48.3 Å². The number of primary amides is 2. The topological polar surface area (TPSA) is 375 Å². The van der Waals surface area contributed by atoms with Crippen LogP contribution in [0.5, 0.6) is 5.75 Å². The van der Waals surface area contributed by atoms with Crippen LogP contribution < -0.4 is 54.8 Å². The first-order chi connectivity index (χ1) is 36.2. The van der Waals surface area contributed by atoms with Crippen molar-refractivity contribution in [2.24, 2.45) is 39.3 Å². The molecule has 7 atom stereocenters. The Morgan fingerprint density at radius 1 is 0.816 bits per heavy atom. The number of phenolic OH excluding ortho intramolecular Hbond substituents is 1. The molecule has 76 heavy (non-hydrogen) atoms. The van der Waals surface area contributed by atoms with Crippen LogP contribution in [0.1, 0.15) is 95.6 Å². The van der Waals surface area contributed by atoms with Gasteiger partial charge in [-0.1, -0.05) is 75.6 Å². The zero-order valence-electron chi connectivity index (χ0n) is 43.4. The Morgan fingerprint density at radius 2 is 1.46 bits per heavy atom. The summed E-state index contributed by atoms with van der Waals surface area (Å²) in [4.78, 5) is 130. The van der Waals surface area contributed by atoms with Crippen LogP contribution in [0.3, 0.4) is 0 Å². The number of guanidine groups is 1. The van der Waals surface area contributed by atoms with Gasteiger partial charge in [-0.25, -0.2) is 0 Å². The number of nitrogens with zero attached hydrogens (tertiary/aromatic N) is 2. The molecule has 2 aliphatic heterocycles. The van der Waals surface area contributed by atoms with Crippen LogP contribution in [-0.4, -0.2) is 149 Å². The summed E-state index contributed by atoms with van der Waals surface area (Å²) in [5.74, 6) is -7.06. The molecule has 1 spiro atoms. The molecule has 416 valence electrons. The molecule has 3 aliphatic rings. The summed E-state index contributed by atoms with van der Waals surface area (Å²) in [6.07, 6.45) is 4.49. The second-order valence-corrected chi connectivity index (χ2v) is 21.3. The molecular weight excluding hydrogens is 1000 g/mol. The maximum atomic E-state index is 14.8. The fraction of sp³-hybridized carbons (Fsp3) is 0.577. The molecule has 2 heterocycles. The minimum atomic E-state index is -1.65. The van der Waals surface area contributed by atoms with Gasteiger partial charge in [-0.15, -0.1) is 0 Å². The second-order valence-electron chi connectivity index (χ2n) is 20.2. The Bertz CT molecular complexity index is 2370. The monoisotopic (exact) mass is 1080 g/mol. The average Bonchev–Trinajstić information content (AvgIpc) is 3.87. The highest BCUT2D eigenvalue weighted by Crippen LogP contribution is 2.42. The van der Waals surface area contributed by atoms with Gasteiger partial charge < -0.3 is 69.6 Å². The van der Waals surface area contributed by atoms with Crippen LogP contribution in [0.15, 0.2) is 59.6 Å². The lowest BCUT2D eigenvalue weighted by molar-refractivity contribution is -0.146. The maximum absolute atomic E-state index is 14.8. The van der Waals surface area contributed by atoms with Crippen molar-refractivity contribution < 1.29 is 53.0 Å². The van der Waals surface area contributed by atoms with E-state index in [0.717, 1.165) is 19.3 Å². The number of carbonyl (C=O) groups excluding carboxylic acids is 9. The number of nitrogens with one attached hydrogen (secondary N) is 6. The SMILES string of the molecule is CC(C)[C@@H]1NC(=O)[C@H](Cc2ccccc2)NC(=O)[C@@H](Cc2ccc(O)cc2)NCCOC(=O)CC2(CCCCC2)CSC[C@@H](C(=O)N2CCC[C@H]2C(=O)N[C@@H](CCCN=C(N)N)C(N)=O)NC(=O)[C@H](CC(N)=O)NC1=O. The smallest absolute Gasteiger partial charge is 0.306 e. The average molecular weight is 1080 g/mol. The minimum absolute atomic E-state index is 0.00221. The fourth-order valence-electron chi connectivity index (χ4n) is 9.75. The van der Waals surface area contributed by atoms with Gasteiger partial charge in [-0.2, -0.15) is 11.8 Å². The normalized spacial score (nSPS) is 23.9. The van der Waals surface area contributed by atoms with Crippen molar-refractivity contribution in [3.8, 4) is 5.75 Å². The van der Waals surface area contributed by atoms with E-state index in [1.807, 2.05) is 0 Å². The summed E-state index contributed by atoms with van der Waals surface area (Å²) < 4.78 is 5.79. The highest BCUT2D eigenvalue weighted by Gasteiger charge is 2.42. The van der Waals surface area contributed by atoms with Crippen molar-refractivity contribution in [2.45, 2.75) is 140 Å². The number of phenols is 1. The summed E-state index contributed by atoms with van der Waals surface area (Å²) in [7, 11) is 0. The summed E-state index contributed by atoms with van der Waals surface area (Å²) in [5, 5.41) is 26.7. The van der Waals surface area contributed by atoms with Crippen molar-refractivity contribution in [3.63, 3.8) is 0 Å². The molecule has 2 aromatic rings. The van der Waals surface area contributed by atoms with Crippen molar-refractivity contribution in [1.82, 2.24) is 36.8 Å². The van der Waals surface area contributed by atoms with Gasteiger partial charge in [0.05, 0.1) is 18.9 Å². The van der Waals surface area contributed by atoms with E-state index in [2.05, 4.69) is 36.9 Å². The maximum Gasteiger partial charge on any atom is 0.306 e. The second kappa shape index (κ2) is 29.4. The molecule has 1 aliphatic carbocycles. The van der Waals surface area contributed by atoms with Gasteiger partial charge in [-0.3, -0.25) is 48.1 Å². The summed E-state index contributed by atoms with van der Waals surface area (Å²) in [5.41, 5.74) is 23.0. The molecule has 0 unspecified atom stereocenters. The lowest BCUT2D eigenvalue weighted by atomic mass is 9.73. The molecule has 24 heteroatoms. The number of benzene rings is 2. The Labute approximate surface area is 447 Å². The summed E-state index contributed by atoms with van der Waals surface area (Å²) >= 11 is 1.32. The molecule has 2 aromatic carbocycles. The number of aromatic hydroxyl groups is 1. The molecule has 2 saturated heterocycles. The van der Waals surface area contributed by atoms with Crippen LogP contribution in [0, 0.1) is 11.3 Å². The first kappa shape index (κ1) is 59.9. The van der Waals surface area contributed by atoms with Crippen molar-refractivity contribution in [3.05, 3.63) is 65.7 Å². The number of rotatable bonds is 15. The van der Waals surface area contributed by atoms with E-state index in [1.54, 1.807) is 56.3 Å². The third-order valence-corrected chi connectivity index (χ3v) is 15.2. The van der Waals surface area contributed by atoms with Crippen molar-refractivity contribution in [2.75, 3.05) is 37.7 Å². The molecule has 0 bridgehead atoms. The third-order valence-electron chi connectivity index (χ3n) is 13.8. The summed E-state index contributed by atoms with van der Waals surface area (Å²) in [6.45, 7) is 3.56. The number of likely N-dealkylation sites (tertiary alicyclic amines) is 1. The first-order valence-corrected chi connectivity index (χ1v) is 27.1. The number of ether oxygens (including phenoxy) is 1. The van der Waals surface area contributed by atoms with Gasteiger partial charge in [0, 0.05) is 31.8 Å². The van der Waals surface area contributed by atoms with Gasteiger partial charge in [-0.05, 0) is 85.3 Å². The highest BCUT2D eigenvalue weighted by molar-refractivity contribution is 7.99. The predicted molar refractivity (Wildman–Crippen MR) is 284 cm³/mol. The van der Waals surface area contributed by atoms with E-state index in [1.165, 1.54) is 28.8 Å². The molecule has 0 aromatic heterocycles. The largest absolute Gasteiger partial charge is 0.508 e. The number of hydrogen-bond donors (Lipinski definition) is 11. The number of carbonyl (C=O) groups is 9. The van der Waals surface area contributed by atoms with E-state index in [0.29, 0.717) is 42.6 Å². The Kier molecular flexibility index (Phi) is 23.2. The predicted octanol–water partition coefficient (Wildman–Crippen LogP) is -0.749. The Hall–Kier alpha value is -6.95. The van der Waals surface area contributed by atoms with Crippen LogP contribution in [0.4, 0.5) is 0 Å². The summed E-state index contributed by atoms with van der Waals surface area (Å²) in [6, 6.07) is 6.49. The lowest BCUT2D eigenvalue weighted by Crippen LogP contribution is -2.61. The van der Waals surface area contributed by atoms with Crippen LogP contribution in [0.2, 0.25) is 0 Å². The molecule has 23 nitrogen and oxygen atoms in total. The molecule has 1 saturated carbocycles. The molecule has 5 rings (SSSR count). The van der Waals surface area contributed by atoms with Crippen molar-refractivity contribution in [1.29, 1.82) is 0 Å². The van der Waals surface area contributed by atoms with Gasteiger partial charge in [0.2, 0.25) is 47.3 Å². The number of cyclic esters (lactones) is 1. The van der Waals surface area contributed by atoms with Gasteiger partial charge >= 0.3 is 5.97 Å². The van der Waals surface area contributed by atoms with Gasteiger partial charge in [0.25, 0.3) is 0 Å². The highest BCUT2D eigenvalue weighted by atomic mass is 32.2.